The summed E-state index contributed by atoms with van der Waals surface area (Å²) in [6.07, 6.45) is 2.70. The average molecular weight is 284 g/mol. The van der Waals surface area contributed by atoms with Gasteiger partial charge in [-0.1, -0.05) is 12.1 Å². The maximum absolute atomic E-state index is 12.2. The minimum absolute atomic E-state index is 0.117. The quantitative estimate of drug-likeness (QED) is 0.711. The number of nitrogens with one attached hydrogen (secondary N) is 2. The van der Waals surface area contributed by atoms with Gasteiger partial charge in [0.2, 0.25) is 10.0 Å². The fourth-order valence-corrected chi connectivity index (χ4v) is 3.26. The Kier molecular flexibility index (Phi) is 4.79. The van der Waals surface area contributed by atoms with Crippen LogP contribution in [0.15, 0.2) is 29.2 Å². The summed E-state index contributed by atoms with van der Waals surface area (Å²) in [5, 5.41) is 3.15. The molecule has 5 nitrogen and oxygen atoms in total. The lowest BCUT2D eigenvalue weighted by atomic mass is 10.3. The minimum Gasteiger partial charge on any atom is -0.385 e. The lowest BCUT2D eigenvalue weighted by molar-refractivity contribution is 0.198. The molecule has 0 spiro atoms. The summed E-state index contributed by atoms with van der Waals surface area (Å²) in [4.78, 5) is 0.319. The predicted molar refractivity (Wildman–Crippen MR) is 74.8 cm³/mol. The van der Waals surface area contributed by atoms with Crippen molar-refractivity contribution in [2.75, 3.05) is 25.6 Å². The molecule has 1 fully saturated rings. The molecular formula is C13H20N2O3S. The highest BCUT2D eigenvalue weighted by Crippen LogP contribution is 2.25. The third-order valence-electron chi connectivity index (χ3n) is 2.92. The molecule has 2 N–H and O–H groups in total. The molecular weight excluding hydrogens is 264 g/mol. The Morgan fingerprint density at radius 1 is 1.32 bits per heavy atom. The smallest absolute Gasteiger partial charge is 0.242 e. The van der Waals surface area contributed by atoms with Crippen molar-refractivity contribution in [3.05, 3.63) is 24.3 Å². The number of rotatable bonds is 8. The number of hydrogen-bond donors (Lipinski definition) is 2. The molecule has 0 bridgehead atoms. The van der Waals surface area contributed by atoms with Gasteiger partial charge in [-0.3, -0.25) is 0 Å². The molecule has 2 rings (SSSR count). The number of para-hydroxylation sites is 1. The number of benzene rings is 1. The van der Waals surface area contributed by atoms with E-state index in [9.17, 15) is 8.42 Å². The minimum atomic E-state index is -3.41. The van der Waals surface area contributed by atoms with Gasteiger partial charge in [0.25, 0.3) is 0 Å². The number of anilines is 1. The largest absolute Gasteiger partial charge is 0.385 e. The van der Waals surface area contributed by atoms with E-state index in [1.165, 1.54) is 0 Å². The van der Waals surface area contributed by atoms with E-state index < -0.39 is 10.0 Å². The third-order valence-corrected chi connectivity index (χ3v) is 4.50. The number of ether oxygens (including phenoxy) is 1. The average Bonchev–Trinajstić information content (AvgIpc) is 3.18. The molecule has 0 heterocycles. The topological polar surface area (TPSA) is 67.4 Å². The summed E-state index contributed by atoms with van der Waals surface area (Å²) >= 11 is 0. The Morgan fingerprint density at radius 3 is 2.74 bits per heavy atom. The van der Waals surface area contributed by atoms with Crippen LogP contribution >= 0.6 is 0 Å². The Balaban J connectivity index is 2.06. The molecule has 1 aliphatic rings. The van der Waals surface area contributed by atoms with Gasteiger partial charge < -0.3 is 10.1 Å². The highest BCUT2D eigenvalue weighted by molar-refractivity contribution is 7.89. The molecule has 1 aromatic carbocycles. The van der Waals surface area contributed by atoms with Crippen LogP contribution in [0, 0.1) is 0 Å². The zero-order valence-corrected chi connectivity index (χ0v) is 11.9. The van der Waals surface area contributed by atoms with Crippen molar-refractivity contribution in [3.63, 3.8) is 0 Å². The van der Waals surface area contributed by atoms with E-state index in [-0.39, 0.29) is 6.04 Å². The van der Waals surface area contributed by atoms with Crippen molar-refractivity contribution in [1.29, 1.82) is 0 Å². The van der Waals surface area contributed by atoms with Crippen LogP contribution in [0.25, 0.3) is 0 Å². The Labute approximate surface area is 114 Å². The second kappa shape index (κ2) is 6.36. The van der Waals surface area contributed by atoms with Crippen LogP contribution in [0.5, 0.6) is 0 Å². The molecule has 0 radical (unpaired) electrons. The van der Waals surface area contributed by atoms with Gasteiger partial charge in [-0.25, -0.2) is 13.1 Å². The maximum atomic E-state index is 12.2. The summed E-state index contributed by atoms with van der Waals surface area (Å²) in [5.74, 6) is 0. The number of sulfonamides is 1. The van der Waals surface area contributed by atoms with E-state index >= 15 is 0 Å². The summed E-state index contributed by atoms with van der Waals surface area (Å²) in [6, 6.07) is 7.10. The van der Waals surface area contributed by atoms with Crippen LogP contribution in [0.3, 0.4) is 0 Å². The first kappa shape index (κ1) is 14.3. The van der Waals surface area contributed by atoms with Crippen LogP contribution in [-0.4, -0.2) is 34.7 Å². The molecule has 0 unspecified atom stereocenters. The third kappa shape index (κ3) is 4.19. The van der Waals surface area contributed by atoms with Gasteiger partial charge in [-0.05, 0) is 31.4 Å². The zero-order valence-electron chi connectivity index (χ0n) is 11.1. The van der Waals surface area contributed by atoms with Crippen LogP contribution < -0.4 is 10.0 Å². The summed E-state index contributed by atoms with van der Waals surface area (Å²) in [6.45, 7) is 1.34. The first-order valence-electron chi connectivity index (χ1n) is 6.47. The van der Waals surface area contributed by atoms with Crippen LogP contribution in [0.1, 0.15) is 19.3 Å². The summed E-state index contributed by atoms with van der Waals surface area (Å²) < 4.78 is 32.1. The molecule has 1 aromatic rings. The van der Waals surface area contributed by atoms with Crippen molar-refractivity contribution in [1.82, 2.24) is 4.72 Å². The normalized spacial score (nSPS) is 15.4. The van der Waals surface area contributed by atoms with Gasteiger partial charge in [-0.2, -0.15) is 0 Å². The number of hydrogen-bond acceptors (Lipinski definition) is 4. The molecule has 1 saturated carbocycles. The van der Waals surface area contributed by atoms with E-state index in [1.807, 2.05) is 6.07 Å². The van der Waals surface area contributed by atoms with Crippen LogP contribution in [-0.2, 0) is 14.8 Å². The summed E-state index contributed by atoms with van der Waals surface area (Å²) in [5.41, 5.74) is 0.645. The van der Waals surface area contributed by atoms with E-state index in [2.05, 4.69) is 10.0 Å². The fraction of sp³-hybridized carbons (Fsp3) is 0.538. The van der Waals surface area contributed by atoms with Gasteiger partial charge in [0.1, 0.15) is 4.90 Å². The molecule has 0 aromatic heterocycles. The van der Waals surface area contributed by atoms with Crippen molar-refractivity contribution < 1.29 is 13.2 Å². The highest BCUT2D eigenvalue weighted by Gasteiger charge is 2.29. The molecule has 0 atom stereocenters. The van der Waals surface area contributed by atoms with Gasteiger partial charge in [-0.15, -0.1) is 0 Å². The second-order valence-electron chi connectivity index (χ2n) is 4.66. The number of methoxy groups -OCH3 is 1. The lowest BCUT2D eigenvalue weighted by Crippen LogP contribution is -2.26. The van der Waals surface area contributed by atoms with Crippen LogP contribution in [0.4, 0.5) is 5.69 Å². The Morgan fingerprint density at radius 2 is 2.05 bits per heavy atom. The molecule has 1 aliphatic carbocycles. The van der Waals surface area contributed by atoms with Gasteiger partial charge in [0, 0.05) is 26.3 Å². The molecule has 0 aliphatic heterocycles. The van der Waals surface area contributed by atoms with E-state index in [4.69, 9.17) is 4.74 Å². The van der Waals surface area contributed by atoms with E-state index in [1.54, 1.807) is 25.3 Å². The first-order chi connectivity index (χ1) is 9.13. The second-order valence-corrected chi connectivity index (χ2v) is 6.35. The summed E-state index contributed by atoms with van der Waals surface area (Å²) in [7, 11) is -1.76. The van der Waals surface area contributed by atoms with Crippen molar-refractivity contribution in [2.24, 2.45) is 0 Å². The molecule has 0 amide bonds. The molecule has 6 heteroatoms. The van der Waals surface area contributed by atoms with E-state index in [0.29, 0.717) is 23.7 Å². The van der Waals surface area contributed by atoms with Crippen molar-refractivity contribution >= 4 is 15.7 Å². The van der Waals surface area contributed by atoms with E-state index in [0.717, 1.165) is 19.3 Å². The SMILES string of the molecule is COCCCNc1ccccc1S(=O)(=O)NC1CC1. The Bertz CT molecular complexity index is 512. The standard InChI is InChI=1S/C13H20N2O3S/c1-18-10-4-9-14-12-5-2-3-6-13(12)19(16,17)15-11-7-8-11/h2-3,5-6,11,14-15H,4,7-10H2,1H3. The highest BCUT2D eigenvalue weighted by atomic mass is 32.2. The fourth-order valence-electron chi connectivity index (χ4n) is 1.77. The van der Waals surface area contributed by atoms with Crippen LogP contribution in [0.2, 0.25) is 0 Å². The van der Waals surface area contributed by atoms with Gasteiger partial charge in [0.05, 0.1) is 5.69 Å². The molecule has 106 valence electrons. The first-order valence-corrected chi connectivity index (χ1v) is 7.96. The monoisotopic (exact) mass is 284 g/mol. The predicted octanol–water partition coefficient (Wildman–Crippen LogP) is 1.58. The van der Waals surface area contributed by atoms with Gasteiger partial charge in [0.15, 0.2) is 0 Å². The molecule has 19 heavy (non-hydrogen) atoms. The maximum Gasteiger partial charge on any atom is 0.242 e. The Hall–Kier alpha value is -1.11. The lowest BCUT2D eigenvalue weighted by Gasteiger charge is -2.12. The zero-order chi connectivity index (χ0) is 13.7. The molecule has 0 saturated heterocycles. The van der Waals surface area contributed by atoms with Crippen molar-refractivity contribution in [2.45, 2.75) is 30.2 Å². The van der Waals surface area contributed by atoms with Crippen molar-refractivity contribution in [3.8, 4) is 0 Å². The van der Waals surface area contributed by atoms with Gasteiger partial charge >= 0.3 is 0 Å².